The molecular formula is C52H71F3N8O8. The van der Waals surface area contributed by atoms with Crippen LogP contribution in [0.2, 0.25) is 0 Å². The van der Waals surface area contributed by atoms with Crippen LogP contribution in [0.25, 0.3) is 22.2 Å². The first kappa shape index (κ1) is 53.5. The summed E-state index contributed by atoms with van der Waals surface area (Å²) in [6.07, 6.45) is -3.18. The van der Waals surface area contributed by atoms with Gasteiger partial charge in [0.25, 0.3) is 11.8 Å². The number of amides is 3. The van der Waals surface area contributed by atoms with E-state index < -0.39 is 65.8 Å². The van der Waals surface area contributed by atoms with E-state index in [9.17, 15) is 32.3 Å². The van der Waals surface area contributed by atoms with Crippen molar-refractivity contribution in [3.05, 3.63) is 47.8 Å². The predicted molar refractivity (Wildman–Crippen MR) is 262 cm³/mol. The third-order valence-electron chi connectivity index (χ3n) is 14.3. The average molecular weight is 993 g/mol. The molecule has 19 heteroatoms. The predicted octanol–water partition coefficient (Wildman–Crippen LogP) is 5.52. The van der Waals surface area contributed by atoms with Gasteiger partial charge in [-0.15, -0.1) is 0 Å². The number of morpholine rings is 1. The Balaban J connectivity index is 1.19. The number of nitrogens with one attached hydrogen (secondary N) is 2. The van der Waals surface area contributed by atoms with Crippen LogP contribution in [0.4, 0.5) is 18.9 Å². The molecule has 0 aliphatic carbocycles. The molecule has 388 valence electrons. The van der Waals surface area contributed by atoms with E-state index in [0.29, 0.717) is 72.4 Å². The zero-order valence-corrected chi connectivity index (χ0v) is 42.8. The number of fused-ring (bicyclic) bond motifs is 6. The number of hydrogen-bond donors (Lipinski definition) is 2. The SMILES string of the molecule is CO[C@@H](C)c1ncccc1-c1c2c3cc(ccc3n1CC(F)(F)F)N1CCO[C@@H](C[C@H](NC(=O)C(COC3CN(C(=O)C#CC(C)(C)N(C)C)C3)C(C)C)C(=O)N3CCC[C@H](N3)C(=O)OCC(C)(C)C2)C1. The Hall–Kier alpha value is -5.26. The second kappa shape index (κ2) is 21.8. The van der Waals surface area contributed by atoms with Gasteiger partial charge in [-0.25, -0.2) is 5.43 Å². The third-order valence-corrected chi connectivity index (χ3v) is 14.3. The molecule has 5 atom stereocenters. The number of carbonyl (C=O) groups excluding carboxylic acids is 4. The maximum atomic E-state index is 14.7. The Morgan fingerprint density at radius 2 is 1.83 bits per heavy atom. The topological polar surface area (TPSA) is 160 Å². The minimum atomic E-state index is -4.58. The summed E-state index contributed by atoms with van der Waals surface area (Å²) in [7, 11) is 5.32. The Morgan fingerprint density at radius 1 is 1.08 bits per heavy atom. The number of cyclic esters (lactones) is 1. The van der Waals surface area contributed by atoms with Gasteiger partial charge >= 0.3 is 12.1 Å². The molecule has 1 unspecified atom stereocenters. The van der Waals surface area contributed by atoms with Gasteiger partial charge in [0, 0.05) is 80.0 Å². The molecule has 2 N–H and O–H groups in total. The number of anilines is 1. The second-order valence-corrected chi connectivity index (χ2v) is 21.3. The molecule has 3 fully saturated rings. The van der Waals surface area contributed by atoms with E-state index in [-0.39, 0.29) is 63.0 Å². The summed E-state index contributed by atoms with van der Waals surface area (Å²) < 4.78 is 69.6. The number of alkyl halides is 3. The van der Waals surface area contributed by atoms with E-state index in [4.69, 9.17) is 18.9 Å². The van der Waals surface area contributed by atoms with Crippen LogP contribution in [0.15, 0.2) is 36.5 Å². The van der Waals surface area contributed by atoms with Crippen molar-refractivity contribution in [3.8, 4) is 23.1 Å². The molecule has 3 amide bonds. The fourth-order valence-electron chi connectivity index (χ4n) is 9.47. The number of hydrazine groups is 1. The van der Waals surface area contributed by atoms with Crippen molar-refractivity contribution < 1.29 is 51.3 Å². The molecule has 6 heterocycles. The molecule has 0 spiro atoms. The maximum absolute atomic E-state index is 14.7. The van der Waals surface area contributed by atoms with Gasteiger partial charge in [-0.05, 0) is 102 Å². The van der Waals surface area contributed by atoms with Crippen molar-refractivity contribution >= 4 is 40.3 Å². The molecular weight excluding hydrogens is 922 g/mol. The largest absolute Gasteiger partial charge is 0.464 e. The summed E-state index contributed by atoms with van der Waals surface area (Å²) in [4.78, 5) is 65.9. The molecule has 4 aliphatic rings. The van der Waals surface area contributed by atoms with E-state index in [1.165, 1.54) is 16.7 Å². The number of rotatable bonds is 11. The van der Waals surface area contributed by atoms with Gasteiger partial charge in [0.05, 0.1) is 61.0 Å². The van der Waals surface area contributed by atoms with Crippen molar-refractivity contribution in [2.45, 2.75) is 123 Å². The Bertz CT molecular complexity index is 2490. The van der Waals surface area contributed by atoms with Crippen LogP contribution < -0.4 is 15.6 Å². The Kier molecular flexibility index (Phi) is 16.5. The number of ether oxygens (including phenoxy) is 4. The minimum absolute atomic E-state index is 0.0563. The highest BCUT2D eigenvalue weighted by Crippen LogP contribution is 2.43. The lowest BCUT2D eigenvalue weighted by Gasteiger charge is -2.39. The highest BCUT2D eigenvalue weighted by molar-refractivity contribution is 5.95. The van der Waals surface area contributed by atoms with Crippen LogP contribution in [0.5, 0.6) is 0 Å². The van der Waals surface area contributed by atoms with Crippen LogP contribution in [0, 0.1) is 29.1 Å². The number of benzene rings is 1. The summed E-state index contributed by atoms with van der Waals surface area (Å²) >= 11 is 0. The number of likely N-dealkylation sites (tertiary alicyclic amines) is 1. The lowest BCUT2D eigenvalue weighted by atomic mass is 9.84. The van der Waals surface area contributed by atoms with Crippen LogP contribution in [0.3, 0.4) is 0 Å². The number of esters is 1. The fourth-order valence-corrected chi connectivity index (χ4v) is 9.47. The smallest absolute Gasteiger partial charge is 0.406 e. The van der Waals surface area contributed by atoms with Gasteiger partial charge in [-0.1, -0.05) is 33.6 Å². The number of methoxy groups -OCH3 is 1. The number of hydrogen-bond acceptors (Lipinski definition) is 12. The summed E-state index contributed by atoms with van der Waals surface area (Å²) in [5.41, 5.74) is 4.95. The zero-order chi connectivity index (χ0) is 51.6. The number of nitrogens with zero attached hydrogens (tertiary/aromatic N) is 6. The highest BCUT2D eigenvalue weighted by Gasteiger charge is 2.40. The van der Waals surface area contributed by atoms with Crippen molar-refractivity contribution in [2.75, 3.05) is 78.6 Å². The minimum Gasteiger partial charge on any atom is -0.464 e. The Labute approximate surface area is 415 Å². The molecule has 0 radical (unpaired) electrons. The Morgan fingerprint density at radius 3 is 2.52 bits per heavy atom. The number of carbonyl (C=O) groups is 4. The van der Waals surface area contributed by atoms with Gasteiger partial charge in [0.1, 0.15) is 18.6 Å². The van der Waals surface area contributed by atoms with Crippen molar-refractivity contribution in [3.63, 3.8) is 0 Å². The van der Waals surface area contributed by atoms with Crippen LogP contribution >= 0.6 is 0 Å². The molecule has 0 saturated carbocycles. The monoisotopic (exact) mass is 993 g/mol. The molecule has 4 aliphatic heterocycles. The molecule has 16 nitrogen and oxygen atoms in total. The summed E-state index contributed by atoms with van der Waals surface area (Å²) in [6.45, 7) is 14.0. The average Bonchev–Trinajstić information content (AvgIpc) is 3.58. The summed E-state index contributed by atoms with van der Waals surface area (Å²) in [5, 5.41) is 5.04. The van der Waals surface area contributed by atoms with Crippen molar-refractivity contribution in [2.24, 2.45) is 17.3 Å². The van der Waals surface area contributed by atoms with Gasteiger partial charge in [-0.3, -0.25) is 34.1 Å². The second-order valence-electron chi connectivity index (χ2n) is 21.3. The maximum Gasteiger partial charge on any atom is 0.406 e. The number of pyridine rings is 1. The van der Waals surface area contributed by atoms with Crippen LogP contribution in [-0.4, -0.2) is 158 Å². The molecule has 6 bridgehead atoms. The zero-order valence-electron chi connectivity index (χ0n) is 42.8. The first-order valence-corrected chi connectivity index (χ1v) is 24.7. The first-order chi connectivity index (χ1) is 33.4. The van der Waals surface area contributed by atoms with E-state index in [1.807, 2.05) is 72.7 Å². The summed E-state index contributed by atoms with van der Waals surface area (Å²) in [6, 6.07) is 6.96. The molecule has 3 saturated heterocycles. The lowest BCUT2D eigenvalue weighted by Crippen LogP contribution is -2.61. The fraction of sp³-hybridized carbons (Fsp3) is 0.635. The van der Waals surface area contributed by atoms with Gasteiger partial charge < -0.3 is 38.6 Å². The highest BCUT2D eigenvalue weighted by atomic mass is 19.4. The third kappa shape index (κ3) is 12.7. The van der Waals surface area contributed by atoms with Crippen LogP contribution in [-0.2, 0) is 51.1 Å². The normalized spacial score (nSPS) is 22.4. The van der Waals surface area contributed by atoms with E-state index in [2.05, 4.69) is 32.5 Å². The number of aromatic nitrogens is 2. The van der Waals surface area contributed by atoms with Crippen molar-refractivity contribution in [1.29, 1.82) is 0 Å². The van der Waals surface area contributed by atoms with Gasteiger partial charge in [-0.2, -0.15) is 13.2 Å². The van der Waals surface area contributed by atoms with E-state index in [0.717, 1.165) is 5.69 Å². The van der Waals surface area contributed by atoms with E-state index in [1.54, 1.807) is 36.2 Å². The van der Waals surface area contributed by atoms with Gasteiger partial charge in [0.2, 0.25) is 5.91 Å². The molecule has 7 rings (SSSR count). The van der Waals surface area contributed by atoms with Crippen LogP contribution in [0.1, 0.15) is 85.1 Å². The quantitative estimate of drug-likeness (QED) is 0.184. The molecule has 1 aromatic carbocycles. The lowest BCUT2D eigenvalue weighted by molar-refractivity contribution is -0.156. The number of halogens is 3. The van der Waals surface area contributed by atoms with E-state index >= 15 is 0 Å². The summed E-state index contributed by atoms with van der Waals surface area (Å²) in [5.74, 6) is 3.24. The molecule has 3 aromatic rings. The first-order valence-electron chi connectivity index (χ1n) is 24.7. The molecule has 2 aromatic heterocycles. The standard InChI is InChI=1S/C52H71F3N8O8/c1-32(2)40(29-70-36-27-61(28-36)44(64)17-18-51(6,7)59(8)9)47(65)57-42-24-35-26-60(21-22-69-35)34-15-16-43-38(23-34)39(25-50(4,5)31-71-49(67)41-14-12-20-63(58-41)48(42)66)46(62(43)30-52(53,54)55)37-13-11-19-56-45(37)33(3)68-10/h11,13,15-16,19,23,32-33,35-36,40-42,58H,12,14,20-22,24-31H2,1-10H3,(H,57,65)/t33-,35-,40?,41-,42-/m0/s1. The van der Waals surface area contributed by atoms with Gasteiger partial charge in [0.15, 0.2) is 0 Å². The van der Waals surface area contributed by atoms with Crippen molar-refractivity contribution in [1.82, 2.24) is 35.1 Å². The molecule has 71 heavy (non-hydrogen) atoms.